The van der Waals surface area contributed by atoms with Crippen LogP contribution in [0, 0.1) is 11.7 Å². The Kier molecular flexibility index (Phi) is 5.69. The Hall–Kier alpha value is -1.00. The van der Waals surface area contributed by atoms with Crippen LogP contribution in [0.25, 0.3) is 0 Å². The van der Waals surface area contributed by atoms with Crippen LogP contribution in [0.3, 0.4) is 0 Å². The molecule has 0 aliphatic carbocycles. The van der Waals surface area contributed by atoms with E-state index in [0.717, 1.165) is 18.5 Å². The van der Waals surface area contributed by atoms with E-state index in [1.54, 1.807) is 12.1 Å². The van der Waals surface area contributed by atoms with Gasteiger partial charge in [-0.25, -0.2) is 4.39 Å². The van der Waals surface area contributed by atoms with Crippen molar-refractivity contribution >= 4 is 17.2 Å². The van der Waals surface area contributed by atoms with Crippen LogP contribution in [-0.4, -0.2) is 23.5 Å². The smallest absolute Gasteiger partial charge is 0.127 e. The molecule has 0 aliphatic heterocycles. The maximum absolute atomic E-state index is 13.7. The summed E-state index contributed by atoms with van der Waals surface area (Å²) in [6, 6.07) is 4.79. The van der Waals surface area contributed by atoms with Crippen molar-refractivity contribution in [3.05, 3.63) is 35.1 Å². The van der Waals surface area contributed by atoms with Gasteiger partial charge >= 0.3 is 0 Å². The molecule has 0 atom stereocenters. The molecule has 18 heavy (non-hydrogen) atoms. The summed E-state index contributed by atoms with van der Waals surface area (Å²) in [7, 11) is 2.00. The van der Waals surface area contributed by atoms with Gasteiger partial charge < -0.3 is 10.6 Å². The molecule has 0 bridgehead atoms. The number of nitrogens with zero attached hydrogens (tertiary/aromatic N) is 1. The van der Waals surface area contributed by atoms with Crippen LogP contribution in [0.4, 0.5) is 4.39 Å². The Bertz CT molecular complexity index is 418. The summed E-state index contributed by atoms with van der Waals surface area (Å²) >= 11 is 4.91. The number of hydrogen-bond acceptors (Lipinski definition) is 2. The molecule has 2 N–H and O–H groups in total. The molecular formula is C14H21FN2S. The van der Waals surface area contributed by atoms with E-state index in [-0.39, 0.29) is 5.82 Å². The number of thiocarbonyl (C=S) groups is 1. The second-order valence-corrected chi connectivity index (χ2v) is 5.53. The third-order valence-corrected chi connectivity index (χ3v) is 3.09. The lowest BCUT2D eigenvalue weighted by Crippen LogP contribution is -2.21. The van der Waals surface area contributed by atoms with E-state index in [2.05, 4.69) is 18.7 Å². The fraction of sp³-hybridized carbons (Fsp3) is 0.500. The summed E-state index contributed by atoms with van der Waals surface area (Å²) in [4.78, 5) is 2.42. The Labute approximate surface area is 114 Å². The van der Waals surface area contributed by atoms with Gasteiger partial charge in [-0.2, -0.15) is 0 Å². The first-order valence-corrected chi connectivity index (χ1v) is 6.57. The minimum atomic E-state index is -0.202. The second kappa shape index (κ2) is 6.81. The van der Waals surface area contributed by atoms with E-state index in [0.29, 0.717) is 23.0 Å². The molecule has 0 fully saturated rings. The number of hydrogen-bond donors (Lipinski definition) is 1. The average Bonchev–Trinajstić information content (AvgIpc) is 2.29. The molecule has 0 amide bonds. The van der Waals surface area contributed by atoms with Crippen molar-refractivity contribution in [3.63, 3.8) is 0 Å². The van der Waals surface area contributed by atoms with E-state index >= 15 is 0 Å². The van der Waals surface area contributed by atoms with Crippen molar-refractivity contribution in [2.24, 2.45) is 11.7 Å². The van der Waals surface area contributed by atoms with Gasteiger partial charge in [-0.05, 0) is 44.1 Å². The molecule has 1 rings (SSSR count). The molecule has 2 nitrogen and oxygen atoms in total. The van der Waals surface area contributed by atoms with Gasteiger partial charge in [-0.3, -0.25) is 0 Å². The first kappa shape index (κ1) is 15.1. The molecular weight excluding hydrogens is 247 g/mol. The third-order valence-electron chi connectivity index (χ3n) is 2.86. The van der Waals surface area contributed by atoms with Crippen LogP contribution >= 0.6 is 12.2 Å². The molecule has 0 heterocycles. The maximum atomic E-state index is 13.7. The molecule has 1 aromatic carbocycles. The highest BCUT2D eigenvalue weighted by atomic mass is 32.1. The molecule has 4 heteroatoms. The zero-order chi connectivity index (χ0) is 13.7. The largest absolute Gasteiger partial charge is 0.389 e. The quantitative estimate of drug-likeness (QED) is 0.804. The van der Waals surface area contributed by atoms with E-state index in [1.807, 2.05) is 7.05 Å². The Morgan fingerprint density at radius 1 is 1.44 bits per heavy atom. The number of halogens is 1. The van der Waals surface area contributed by atoms with Gasteiger partial charge in [-0.15, -0.1) is 0 Å². The summed E-state index contributed by atoms with van der Waals surface area (Å²) in [6.07, 6.45) is 1.10. The predicted molar refractivity (Wildman–Crippen MR) is 78.1 cm³/mol. The number of rotatable bonds is 6. The molecule has 0 aliphatic rings. The molecule has 0 radical (unpaired) electrons. The highest BCUT2D eigenvalue weighted by Gasteiger charge is 2.08. The summed E-state index contributed by atoms with van der Waals surface area (Å²) in [5.74, 6) is 0.451. The van der Waals surface area contributed by atoms with Crippen LogP contribution < -0.4 is 5.73 Å². The van der Waals surface area contributed by atoms with Gasteiger partial charge in [0, 0.05) is 17.7 Å². The molecule has 0 spiro atoms. The van der Waals surface area contributed by atoms with Gasteiger partial charge in [0.1, 0.15) is 10.8 Å². The van der Waals surface area contributed by atoms with Gasteiger partial charge in [0.2, 0.25) is 0 Å². The standard InChI is InChI=1S/C14H21FN2S/c1-10(2)6-7-17(3)9-12-8-11(14(16)18)4-5-13(12)15/h4-5,8,10H,6-7,9H2,1-3H3,(H2,16,18). The zero-order valence-electron chi connectivity index (χ0n) is 11.2. The van der Waals surface area contributed by atoms with E-state index < -0.39 is 0 Å². The monoisotopic (exact) mass is 268 g/mol. The summed E-state index contributed by atoms with van der Waals surface area (Å²) in [6.45, 7) is 5.90. The fourth-order valence-corrected chi connectivity index (χ4v) is 1.82. The first-order valence-electron chi connectivity index (χ1n) is 6.17. The lowest BCUT2D eigenvalue weighted by atomic mass is 10.1. The topological polar surface area (TPSA) is 29.3 Å². The molecule has 0 saturated heterocycles. The van der Waals surface area contributed by atoms with Crippen molar-refractivity contribution in [1.82, 2.24) is 4.90 Å². The number of benzene rings is 1. The van der Waals surface area contributed by atoms with Crippen molar-refractivity contribution in [2.45, 2.75) is 26.8 Å². The fourth-order valence-electron chi connectivity index (χ4n) is 1.70. The normalized spacial score (nSPS) is 11.2. The SMILES string of the molecule is CC(C)CCN(C)Cc1cc(C(N)=S)ccc1F. The lowest BCUT2D eigenvalue weighted by Gasteiger charge is -2.18. The van der Waals surface area contributed by atoms with E-state index in [9.17, 15) is 4.39 Å². The maximum Gasteiger partial charge on any atom is 0.127 e. The molecule has 1 aromatic rings. The predicted octanol–water partition coefficient (Wildman–Crippen LogP) is 2.94. The van der Waals surface area contributed by atoms with Crippen LogP contribution in [0.15, 0.2) is 18.2 Å². The molecule has 100 valence electrons. The molecule has 0 saturated carbocycles. The van der Waals surface area contributed by atoms with Crippen LogP contribution in [0.5, 0.6) is 0 Å². The lowest BCUT2D eigenvalue weighted by molar-refractivity contribution is 0.299. The highest BCUT2D eigenvalue weighted by Crippen LogP contribution is 2.13. The third kappa shape index (κ3) is 4.70. The van der Waals surface area contributed by atoms with Gasteiger partial charge in [-0.1, -0.05) is 26.1 Å². The summed E-state index contributed by atoms with van der Waals surface area (Å²) in [5, 5.41) is 0. The van der Waals surface area contributed by atoms with Crippen molar-refractivity contribution < 1.29 is 4.39 Å². The van der Waals surface area contributed by atoms with Gasteiger partial charge in [0.25, 0.3) is 0 Å². The Morgan fingerprint density at radius 3 is 2.67 bits per heavy atom. The molecule has 0 aromatic heterocycles. The van der Waals surface area contributed by atoms with E-state index in [4.69, 9.17) is 18.0 Å². The minimum absolute atomic E-state index is 0.202. The van der Waals surface area contributed by atoms with Gasteiger partial charge in [0.05, 0.1) is 0 Å². The summed E-state index contributed by atoms with van der Waals surface area (Å²) in [5.41, 5.74) is 6.92. The van der Waals surface area contributed by atoms with E-state index in [1.165, 1.54) is 6.07 Å². The minimum Gasteiger partial charge on any atom is -0.389 e. The van der Waals surface area contributed by atoms with Crippen LogP contribution in [-0.2, 0) is 6.54 Å². The first-order chi connectivity index (χ1) is 8.40. The number of nitrogens with two attached hydrogens (primary N) is 1. The van der Waals surface area contributed by atoms with Crippen LogP contribution in [0.2, 0.25) is 0 Å². The Morgan fingerprint density at radius 2 is 2.11 bits per heavy atom. The van der Waals surface area contributed by atoms with Crippen LogP contribution in [0.1, 0.15) is 31.4 Å². The van der Waals surface area contributed by atoms with Crippen molar-refractivity contribution in [2.75, 3.05) is 13.6 Å². The average molecular weight is 268 g/mol. The van der Waals surface area contributed by atoms with Crippen molar-refractivity contribution in [3.8, 4) is 0 Å². The highest BCUT2D eigenvalue weighted by molar-refractivity contribution is 7.80. The van der Waals surface area contributed by atoms with Crippen molar-refractivity contribution in [1.29, 1.82) is 0 Å². The second-order valence-electron chi connectivity index (χ2n) is 5.09. The summed E-state index contributed by atoms with van der Waals surface area (Å²) < 4.78 is 13.7. The Balaban J connectivity index is 2.71. The van der Waals surface area contributed by atoms with Gasteiger partial charge in [0.15, 0.2) is 0 Å². The molecule has 0 unspecified atom stereocenters. The zero-order valence-corrected chi connectivity index (χ0v) is 12.1.